The van der Waals surface area contributed by atoms with E-state index in [4.69, 9.17) is 0 Å². The predicted octanol–water partition coefficient (Wildman–Crippen LogP) is -0.249. The van der Waals surface area contributed by atoms with Gasteiger partial charge in [0.05, 0.1) is 26.8 Å². The number of hydrogen-bond donors (Lipinski definition) is 0. The Morgan fingerprint density at radius 2 is 2.06 bits per heavy atom. The van der Waals surface area contributed by atoms with Crippen LogP contribution in [-0.2, 0) is 32.9 Å². The Morgan fingerprint density at radius 1 is 1.44 bits per heavy atom. The van der Waals surface area contributed by atoms with E-state index in [-0.39, 0.29) is 13.2 Å². The highest BCUT2D eigenvalue weighted by molar-refractivity contribution is 7.80. The normalized spacial score (nSPS) is 10.9. The third-order valence-corrected chi connectivity index (χ3v) is 2.71. The summed E-state index contributed by atoms with van der Waals surface area (Å²) in [5.41, 5.74) is 0. The number of aromatic nitrogens is 2. The summed E-state index contributed by atoms with van der Waals surface area (Å²) in [4.78, 5) is 0. The lowest BCUT2D eigenvalue weighted by Gasteiger charge is -2.05. The molecule has 1 heterocycles. The summed E-state index contributed by atoms with van der Waals surface area (Å²) in [6.45, 7) is 5.20. The summed E-state index contributed by atoms with van der Waals surface area (Å²) in [6, 6.07) is 0. The van der Waals surface area contributed by atoms with Gasteiger partial charge in [-0.05, 0) is 6.92 Å². The Balaban J connectivity index is 0.000000321. The van der Waals surface area contributed by atoms with Gasteiger partial charge in [-0.1, -0.05) is 0 Å². The molecular weight excluding hydrogens is 260 g/mol. The van der Waals surface area contributed by atoms with Crippen molar-refractivity contribution in [2.24, 2.45) is 7.05 Å². The van der Waals surface area contributed by atoms with Gasteiger partial charge in [-0.25, -0.2) is 17.6 Å². The number of nitrogens with zero attached hydrogens (tertiary/aromatic N) is 2. The van der Waals surface area contributed by atoms with Crippen molar-refractivity contribution in [1.29, 1.82) is 0 Å². The van der Waals surface area contributed by atoms with Crippen LogP contribution in [0.15, 0.2) is 12.4 Å². The Hall–Kier alpha value is -0.960. The van der Waals surface area contributed by atoms with Crippen LogP contribution in [0, 0.1) is 6.92 Å². The van der Waals surface area contributed by atoms with Crippen molar-refractivity contribution in [2.45, 2.75) is 20.4 Å². The van der Waals surface area contributed by atoms with Crippen LogP contribution in [-0.4, -0.2) is 37.9 Å². The van der Waals surface area contributed by atoms with Gasteiger partial charge in [0.1, 0.15) is 12.4 Å². The molecule has 0 spiro atoms. The van der Waals surface area contributed by atoms with Crippen LogP contribution in [0.5, 0.6) is 0 Å². The van der Waals surface area contributed by atoms with Crippen LogP contribution < -0.4 is 4.57 Å². The van der Waals surface area contributed by atoms with E-state index in [0.29, 0.717) is 0 Å². The largest absolute Gasteiger partial charge is 0.726 e. The van der Waals surface area contributed by atoms with Crippen molar-refractivity contribution in [2.75, 3.05) is 20.3 Å². The molecule has 1 aromatic rings. The quantitative estimate of drug-likeness (QED) is 0.321. The summed E-state index contributed by atoms with van der Waals surface area (Å²) in [5.74, 6) is 1.30. The molecule has 1 aromatic heterocycles. The molecular formula is C10H20N2O5S. The molecule has 1 rings (SSSR count). The van der Waals surface area contributed by atoms with Gasteiger partial charge in [-0.2, -0.15) is 0 Å². The fraction of sp³-hybridized carbons (Fsp3) is 0.700. The van der Waals surface area contributed by atoms with E-state index in [9.17, 15) is 13.0 Å². The Labute approximate surface area is 108 Å². The zero-order valence-corrected chi connectivity index (χ0v) is 11.9. The van der Waals surface area contributed by atoms with Crippen LogP contribution in [0.4, 0.5) is 0 Å². The molecule has 106 valence electrons. The number of aryl methyl sites for hydroxylation is 2. The molecule has 0 saturated heterocycles. The number of rotatable bonds is 5. The Kier molecular flexibility index (Phi) is 7.76. The van der Waals surface area contributed by atoms with Gasteiger partial charge in [0, 0.05) is 14.0 Å². The van der Waals surface area contributed by atoms with Gasteiger partial charge in [0.15, 0.2) is 0 Å². The number of imidazole rings is 1. The molecule has 0 aliphatic heterocycles. The lowest BCUT2D eigenvalue weighted by molar-refractivity contribution is -0.677. The lowest BCUT2D eigenvalue weighted by atomic mass is 10.6. The minimum absolute atomic E-state index is 0.0987. The second-order valence-corrected chi connectivity index (χ2v) is 4.52. The zero-order chi connectivity index (χ0) is 14.2. The molecule has 0 N–H and O–H groups in total. The molecule has 0 bridgehead atoms. The molecule has 0 atom stereocenters. The van der Waals surface area contributed by atoms with Crippen LogP contribution in [0.3, 0.4) is 0 Å². The average Bonchev–Trinajstić information content (AvgIpc) is 2.59. The molecule has 0 aromatic carbocycles. The second kappa shape index (κ2) is 8.20. The van der Waals surface area contributed by atoms with Gasteiger partial charge in [-0.3, -0.25) is 4.18 Å². The van der Waals surface area contributed by atoms with E-state index >= 15 is 0 Å². The molecule has 0 aliphatic carbocycles. The van der Waals surface area contributed by atoms with Gasteiger partial charge in [0.2, 0.25) is 10.4 Å². The van der Waals surface area contributed by atoms with Gasteiger partial charge in [-0.15, -0.1) is 0 Å². The van der Waals surface area contributed by atoms with E-state index in [0.717, 1.165) is 6.54 Å². The third kappa shape index (κ3) is 7.38. The highest BCUT2D eigenvalue weighted by Crippen LogP contribution is 1.89. The second-order valence-electron chi connectivity index (χ2n) is 3.47. The zero-order valence-electron chi connectivity index (χ0n) is 11.1. The number of methoxy groups -OCH3 is 1. The summed E-state index contributed by atoms with van der Waals surface area (Å²) in [7, 11) is -1.09. The first kappa shape index (κ1) is 17.0. The molecule has 8 heteroatoms. The van der Waals surface area contributed by atoms with Crippen molar-refractivity contribution in [3.63, 3.8) is 0 Å². The first-order chi connectivity index (χ1) is 8.31. The maximum Gasteiger partial charge on any atom is 0.252 e. The molecule has 7 nitrogen and oxygen atoms in total. The first-order valence-electron chi connectivity index (χ1n) is 5.42. The number of ether oxygens (including phenoxy) is 1. The highest BCUT2D eigenvalue weighted by Gasteiger charge is 2.03. The SMILES string of the molecule is CCn1cc[n+](C)c1C.COCCOS(=O)(=O)[O-]. The highest BCUT2D eigenvalue weighted by atomic mass is 32.3. The smallest absolute Gasteiger partial charge is 0.252 e. The van der Waals surface area contributed by atoms with Crippen LogP contribution in [0.1, 0.15) is 12.7 Å². The fourth-order valence-corrected chi connectivity index (χ4v) is 1.42. The molecule has 0 unspecified atom stereocenters. The van der Waals surface area contributed by atoms with E-state index < -0.39 is 10.4 Å². The predicted molar refractivity (Wildman–Crippen MR) is 63.5 cm³/mol. The Bertz CT molecular complexity index is 441. The van der Waals surface area contributed by atoms with E-state index in [1.807, 2.05) is 0 Å². The standard InChI is InChI=1S/C7H13N2.C3H8O5S/c1-4-9-6-5-8(3)7(9)2;1-7-2-3-8-9(4,5)6/h5-6H,4H2,1-3H3;2-3H2,1H3,(H,4,5,6)/q+1;/p-1. The third-order valence-electron chi connectivity index (χ3n) is 2.25. The van der Waals surface area contributed by atoms with Crippen LogP contribution in [0.2, 0.25) is 0 Å². The van der Waals surface area contributed by atoms with Crippen molar-refractivity contribution in [3.8, 4) is 0 Å². The van der Waals surface area contributed by atoms with Crippen molar-refractivity contribution in [1.82, 2.24) is 4.57 Å². The topological polar surface area (TPSA) is 84.5 Å². The van der Waals surface area contributed by atoms with E-state index in [1.54, 1.807) is 0 Å². The molecule has 0 saturated carbocycles. The minimum atomic E-state index is -4.53. The van der Waals surface area contributed by atoms with E-state index in [1.165, 1.54) is 12.9 Å². The molecule has 0 amide bonds. The van der Waals surface area contributed by atoms with E-state index in [2.05, 4.69) is 51.3 Å². The maximum atomic E-state index is 9.67. The van der Waals surface area contributed by atoms with Gasteiger partial charge >= 0.3 is 0 Å². The van der Waals surface area contributed by atoms with Crippen molar-refractivity contribution in [3.05, 3.63) is 18.2 Å². The Morgan fingerprint density at radius 3 is 2.33 bits per heavy atom. The first-order valence-corrected chi connectivity index (χ1v) is 6.75. The maximum absolute atomic E-state index is 9.67. The van der Waals surface area contributed by atoms with Gasteiger partial charge in [0.25, 0.3) is 5.82 Å². The monoisotopic (exact) mass is 280 g/mol. The summed E-state index contributed by atoms with van der Waals surface area (Å²) in [6.07, 6.45) is 4.16. The summed E-state index contributed by atoms with van der Waals surface area (Å²) in [5, 5.41) is 0. The molecule has 0 radical (unpaired) electrons. The average molecular weight is 280 g/mol. The minimum Gasteiger partial charge on any atom is -0.726 e. The summed E-state index contributed by atoms with van der Waals surface area (Å²) >= 11 is 0. The van der Waals surface area contributed by atoms with Crippen LogP contribution in [0.25, 0.3) is 0 Å². The molecule has 0 fully saturated rings. The lowest BCUT2D eigenvalue weighted by Crippen LogP contribution is -2.29. The van der Waals surface area contributed by atoms with Crippen LogP contribution >= 0.6 is 0 Å². The molecule has 0 aliphatic rings. The fourth-order valence-electron chi connectivity index (χ4n) is 1.15. The number of hydrogen-bond acceptors (Lipinski definition) is 5. The van der Waals surface area contributed by atoms with Crippen molar-refractivity contribution >= 4 is 10.4 Å². The summed E-state index contributed by atoms with van der Waals surface area (Å²) < 4.78 is 41.5. The molecule has 18 heavy (non-hydrogen) atoms. The van der Waals surface area contributed by atoms with Gasteiger partial charge < -0.3 is 9.29 Å². The van der Waals surface area contributed by atoms with Crippen molar-refractivity contribution < 1.29 is 26.5 Å².